The first kappa shape index (κ1) is 19.2. The van der Waals surface area contributed by atoms with Gasteiger partial charge >= 0.3 is 0 Å². The summed E-state index contributed by atoms with van der Waals surface area (Å²) in [4.78, 5) is 12.1. The molecule has 2 aromatic carbocycles. The summed E-state index contributed by atoms with van der Waals surface area (Å²) >= 11 is 11.8. The van der Waals surface area contributed by atoms with Gasteiger partial charge in [0.15, 0.2) is 18.1 Å². The second-order valence-electron chi connectivity index (χ2n) is 4.94. The molecule has 0 heterocycles. The summed E-state index contributed by atoms with van der Waals surface area (Å²) in [5, 5.41) is 3.59. The Morgan fingerprint density at radius 1 is 0.920 bits per heavy atom. The number of benzene rings is 2. The van der Waals surface area contributed by atoms with Gasteiger partial charge in [-0.1, -0.05) is 23.2 Å². The van der Waals surface area contributed by atoms with E-state index >= 15 is 0 Å². The third kappa shape index (κ3) is 5.73. The molecule has 25 heavy (non-hydrogen) atoms. The van der Waals surface area contributed by atoms with E-state index in [4.69, 9.17) is 37.4 Å². The van der Waals surface area contributed by atoms with Gasteiger partial charge in [0, 0.05) is 16.8 Å². The number of halogens is 2. The number of hydrogen-bond donors (Lipinski definition) is 1. The van der Waals surface area contributed by atoms with E-state index in [0.717, 1.165) is 0 Å². The van der Waals surface area contributed by atoms with Crippen molar-refractivity contribution in [2.24, 2.45) is 0 Å². The first-order valence-corrected chi connectivity index (χ1v) is 8.56. The van der Waals surface area contributed by atoms with Crippen LogP contribution >= 0.6 is 23.2 Å². The van der Waals surface area contributed by atoms with Crippen LogP contribution in [0.25, 0.3) is 0 Å². The van der Waals surface area contributed by atoms with Crippen LogP contribution in [-0.4, -0.2) is 25.7 Å². The van der Waals surface area contributed by atoms with Crippen LogP contribution < -0.4 is 19.5 Å². The highest BCUT2D eigenvalue weighted by Crippen LogP contribution is 2.31. The summed E-state index contributed by atoms with van der Waals surface area (Å²) in [6, 6.07) is 10.0. The molecule has 0 saturated carbocycles. The molecule has 134 valence electrons. The van der Waals surface area contributed by atoms with Crippen molar-refractivity contribution >= 4 is 34.8 Å². The number of ether oxygens (including phenoxy) is 3. The summed E-state index contributed by atoms with van der Waals surface area (Å²) in [7, 11) is 0. The fourth-order valence-electron chi connectivity index (χ4n) is 2.06. The van der Waals surface area contributed by atoms with Gasteiger partial charge in [-0.2, -0.15) is 0 Å². The van der Waals surface area contributed by atoms with Gasteiger partial charge in [0.1, 0.15) is 5.75 Å². The minimum absolute atomic E-state index is 0.182. The first-order chi connectivity index (χ1) is 12.0. The normalized spacial score (nSPS) is 10.2. The Hall–Kier alpha value is -2.11. The van der Waals surface area contributed by atoms with E-state index in [1.165, 1.54) is 0 Å². The van der Waals surface area contributed by atoms with Crippen LogP contribution in [-0.2, 0) is 4.79 Å². The molecule has 5 nitrogen and oxygen atoms in total. The van der Waals surface area contributed by atoms with Gasteiger partial charge in [-0.15, -0.1) is 0 Å². The van der Waals surface area contributed by atoms with E-state index in [0.29, 0.717) is 46.2 Å². The monoisotopic (exact) mass is 383 g/mol. The highest BCUT2D eigenvalue weighted by Gasteiger charge is 2.10. The van der Waals surface area contributed by atoms with E-state index in [2.05, 4.69) is 5.32 Å². The molecule has 0 atom stereocenters. The van der Waals surface area contributed by atoms with Crippen LogP contribution in [0.3, 0.4) is 0 Å². The molecule has 1 amide bonds. The smallest absolute Gasteiger partial charge is 0.262 e. The maximum absolute atomic E-state index is 12.1. The maximum atomic E-state index is 12.1. The topological polar surface area (TPSA) is 56.8 Å². The maximum Gasteiger partial charge on any atom is 0.262 e. The molecule has 0 spiro atoms. The number of nitrogens with one attached hydrogen (secondary N) is 1. The summed E-state index contributed by atoms with van der Waals surface area (Å²) in [5.41, 5.74) is 0.586. The van der Waals surface area contributed by atoms with Gasteiger partial charge < -0.3 is 19.5 Å². The van der Waals surface area contributed by atoms with E-state index in [1.807, 2.05) is 13.8 Å². The zero-order valence-electron chi connectivity index (χ0n) is 14.0. The second-order valence-corrected chi connectivity index (χ2v) is 5.78. The average Bonchev–Trinajstić information content (AvgIpc) is 2.57. The van der Waals surface area contributed by atoms with Crippen molar-refractivity contribution in [1.29, 1.82) is 0 Å². The zero-order chi connectivity index (χ0) is 18.2. The molecule has 7 heteroatoms. The third-order valence-corrected chi connectivity index (χ3v) is 3.61. The molecular weight excluding hydrogens is 365 g/mol. The van der Waals surface area contributed by atoms with Crippen LogP contribution in [0.1, 0.15) is 13.8 Å². The van der Waals surface area contributed by atoms with E-state index in [1.54, 1.807) is 36.4 Å². The standard InChI is InChI=1S/C18H19Cl2NO4/c1-3-23-16-8-6-13(10-17(16)24-4-2)21-18(22)11-25-15-7-5-12(19)9-14(15)20/h5-10H,3-4,11H2,1-2H3,(H,21,22). The number of amides is 1. The van der Waals surface area contributed by atoms with Crippen molar-refractivity contribution in [3.8, 4) is 17.2 Å². The Kier molecular flexibility index (Phi) is 7.22. The average molecular weight is 384 g/mol. The molecule has 0 aromatic heterocycles. The SMILES string of the molecule is CCOc1ccc(NC(=O)COc2ccc(Cl)cc2Cl)cc1OCC. The van der Waals surface area contributed by atoms with Crippen molar-refractivity contribution in [1.82, 2.24) is 0 Å². The summed E-state index contributed by atoms with van der Waals surface area (Å²) in [6.07, 6.45) is 0. The Labute approximate surface area is 156 Å². The molecule has 0 aliphatic heterocycles. The van der Waals surface area contributed by atoms with Crippen molar-refractivity contribution in [3.63, 3.8) is 0 Å². The van der Waals surface area contributed by atoms with Crippen LogP contribution in [0.15, 0.2) is 36.4 Å². The molecule has 0 unspecified atom stereocenters. The number of carbonyl (C=O) groups excluding carboxylic acids is 1. The Morgan fingerprint density at radius 2 is 1.60 bits per heavy atom. The third-order valence-electron chi connectivity index (χ3n) is 3.08. The summed E-state index contributed by atoms with van der Waals surface area (Å²) < 4.78 is 16.4. The minimum Gasteiger partial charge on any atom is -0.490 e. The second kappa shape index (κ2) is 9.39. The highest BCUT2D eigenvalue weighted by atomic mass is 35.5. The number of anilines is 1. The summed E-state index contributed by atoms with van der Waals surface area (Å²) in [5.74, 6) is 1.27. The Balaban J connectivity index is 1.98. The lowest BCUT2D eigenvalue weighted by molar-refractivity contribution is -0.118. The lowest BCUT2D eigenvalue weighted by Gasteiger charge is -2.13. The van der Waals surface area contributed by atoms with Gasteiger partial charge in [0.25, 0.3) is 5.91 Å². The van der Waals surface area contributed by atoms with Gasteiger partial charge in [-0.25, -0.2) is 0 Å². The quantitative estimate of drug-likeness (QED) is 0.710. The molecule has 0 bridgehead atoms. The number of carbonyl (C=O) groups is 1. The first-order valence-electron chi connectivity index (χ1n) is 7.80. The van der Waals surface area contributed by atoms with Gasteiger partial charge in [0.05, 0.1) is 18.2 Å². The van der Waals surface area contributed by atoms with Crippen molar-refractivity contribution < 1.29 is 19.0 Å². The van der Waals surface area contributed by atoms with E-state index < -0.39 is 0 Å². The molecule has 0 fully saturated rings. The largest absolute Gasteiger partial charge is 0.490 e. The molecule has 0 aliphatic rings. The highest BCUT2D eigenvalue weighted by molar-refractivity contribution is 6.35. The van der Waals surface area contributed by atoms with Crippen LogP contribution in [0.5, 0.6) is 17.2 Å². The Morgan fingerprint density at radius 3 is 2.28 bits per heavy atom. The van der Waals surface area contributed by atoms with Crippen LogP contribution in [0.4, 0.5) is 5.69 Å². The van der Waals surface area contributed by atoms with Gasteiger partial charge in [-0.3, -0.25) is 4.79 Å². The predicted molar refractivity (Wildman–Crippen MR) is 99.4 cm³/mol. The zero-order valence-corrected chi connectivity index (χ0v) is 15.5. The van der Waals surface area contributed by atoms with Crippen molar-refractivity contribution in [2.45, 2.75) is 13.8 Å². The molecular formula is C18H19Cl2NO4. The molecule has 1 N–H and O–H groups in total. The molecule has 0 aliphatic carbocycles. The fraction of sp³-hybridized carbons (Fsp3) is 0.278. The van der Waals surface area contributed by atoms with E-state index in [9.17, 15) is 4.79 Å². The van der Waals surface area contributed by atoms with Crippen molar-refractivity contribution in [2.75, 3.05) is 25.1 Å². The number of rotatable bonds is 8. The van der Waals surface area contributed by atoms with Crippen molar-refractivity contribution in [3.05, 3.63) is 46.4 Å². The lowest BCUT2D eigenvalue weighted by atomic mass is 10.2. The van der Waals surface area contributed by atoms with Gasteiger partial charge in [0.2, 0.25) is 0 Å². The summed E-state index contributed by atoms with van der Waals surface area (Å²) in [6.45, 7) is 4.62. The van der Waals surface area contributed by atoms with Crippen LogP contribution in [0.2, 0.25) is 10.0 Å². The van der Waals surface area contributed by atoms with Gasteiger partial charge in [-0.05, 0) is 44.2 Å². The molecule has 0 saturated heterocycles. The number of hydrogen-bond acceptors (Lipinski definition) is 4. The molecule has 2 rings (SSSR count). The fourth-order valence-corrected chi connectivity index (χ4v) is 2.52. The lowest BCUT2D eigenvalue weighted by Crippen LogP contribution is -2.20. The predicted octanol–water partition coefficient (Wildman–Crippen LogP) is 4.81. The Bertz CT molecular complexity index is 737. The van der Waals surface area contributed by atoms with Crippen LogP contribution in [0, 0.1) is 0 Å². The minimum atomic E-state index is -0.322. The van der Waals surface area contributed by atoms with E-state index in [-0.39, 0.29) is 12.5 Å². The molecule has 2 aromatic rings. The molecule has 0 radical (unpaired) electrons.